The number of carbonyl (C=O) groups is 1. The van der Waals surface area contributed by atoms with Gasteiger partial charge in [0.25, 0.3) is 0 Å². The van der Waals surface area contributed by atoms with E-state index in [1.807, 2.05) is 6.07 Å². The Morgan fingerprint density at radius 1 is 1.33 bits per heavy atom. The van der Waals surface area contributed by atoms with Crippen molar-refractivity contribution >= 4 is 40.6 Å². The van der Waals surface area contributed by atoms with Crippen LogP contribution in [0.25, 0.3) is 0 Å². The van der Waals surface area contributed by atoms with Crippen LogP contribution >= 0.6 is 23.4 Å². The van der Waals surface area contributed by atoms with Gasteiger partial charge in [-0.15, -0.1) is 11.8 Å². The first-order valence-electron chi connectivity index (χ1n) is 6.07. The van der Waals surface area contributed by atoms with Crippen molar-refractivity contribution in [3.8, 4) is 6.07 Å². The van der Waals surface area contributed by atoms with E-state index in [1.54, 1.807) is 42.5 Å². The van der Waals surface area contributed by atoms with Crippen LogP contribution in [-0.2, 0) is 4.79 Å². The molecule has 0 saturated carbocycles. The van der Waals surface area contributed by atoms with E-state index in [2.05, 4.69) is 5.32 Å². The number of anilines is 2. The van der Waals surface area contributed by atoms with E-state index in [1.165, 1.54) is 11.8 Å². The Labute approximate surface area is 131 Å². The van der Waals surface area contributed by atoms with Crippen molar-refractivity contribution in [1.29, 1.82) is 5.26 Å². The molecule has 0 aromatic heterocycles. The Morgan fingerprint density at radius 3 is 2.81 bits per heavy atom. The second kappa shape index (κ2) is 7.02. The molecule has 0 fully saturated rings. The van der Waals surface area contributed by atoms with Crippen molar-refractivity contribution in [3.63, 3.8) is 0 Å². The van der Waals surface area contributed by atoms with Gasteiger partial charge in [0, 0.05) is 15.6 Å². The van der Waals surface area contributed by atoms with Crippen molar-refractivity contribution in [2.45, 2.75) is 4.90 Å². The topological polar surface area (TPSA) is 78.9 Å². The predicted octanol–water partition coefficient (Wildman–Crippen LogP) is 3.52. The second-order valence-electron chi connectivity index (χ2n) is 4.18. The summed E-state index contributed by atoms with van der Waals surface area (Å²) >= 11 is 7.14. The van der Waals surface area contributed by atoms with Gasteiger partial charge in [0.05, 0.1) is 17.0 Å². The smallest absolute Gasteiger partial charge is 0.234 e. The van der Waals surface area contributed by atoms with E-state index in [4.69, 9.17) is 22.6 Å². The van der Waals surface area contributed by atoms with E-state index >= 15 is 0 Å². The molecule has 0 aliphatic rings. The number of nitrogens with one attached hydrogen (secondary N) is 1. The highest BCUT2D eigenvalue weighted by molar-refractivity contribution is 8.00. The van der Waals surface area contributed by atoms with Gasteiger partial charge in [0.2, 0.25) is 5.91 Å². The summed E-state index contributed by atoms with van der Waals surface area (Å²) < 4.78 is 0. The lowest BCUT2D eigenvalue weighted by molar-refractivity contribution is -0.113. The molecular formula is C15H12ClN3OS. The molecule has 4 nitrogen and oxygen atoms in total. The van der Waals surface area contributed by atoms with E-state index in [0.717, 1.165) is 4.90 Å². The molecule has 3 N–H and O–H groups in total. The van der Waals surface area contributed by atoms with Gasteiger partial charge in [0.15, 0.2) is 0 Å². The minimum absolute atomic E-state index is 0.197. The fourth-order valence-corrected chi connectivity index (χ4v) is 2.60. The number of carbonyl (C=O) groups excluding carboxylic acids is 1. The van der Waals surface area contributed by atoms with E-state index in [0.29, 0.717) is 22.0 Å². The third-order valence-electron chi connectivity index (χ3n) is 2.65. The first kappa shape index (κ1) is 15.2. The number of amides is 1. The van der Waals surface area contributed by atoms with Crippen LogP contribution in [-0.4, -0.2) is 11.7 Å². The first-order valence-corrected chi connectivity index (χ1v) is 7.43. The number of hydrogen-bond acceptors (Lipinski definition) is 4. The van der Waals surface area contributed by atoms with Gasteiger partial charge in [-0.25, -0.2) is 0 Å². The summed E-state index contributed by atoms with van der Waals surface area (Å²) in [7, 11) is 0. The summed E-state index contributed by atoms with van der Waals surface area (Å²) in [6, 6.07) is 14.0. The van der Waals surface area contributed by atoms with Gasteiger partial charge in [-0.1, -0.05) is 23.7 Å². The van der Waals surface area contributed by atoms with Crippen LogP contribution in [0.15, 0.2) is 47.4 Å². The fourth-order valence-electron chi connectivity index (χ4n) is 1.67. The summed E-state index contributed by atoms with van der Waals surface area (Å²) in [6.07, 6.45) is 0. The number of nitriles is 1. The Hall–Kier alpha value is -2.16. The third-order valence-corrected chi connectivity index (χ3v) is 3.98. The van der Waals surface area contributed by atoms with E-state index in [-0.39, 0.29) is 11.7 Å². The lowest BCUT2D eigenvalue weighted by Gasteiger charge is -2.08. The molecule has 0 radical (unpaired) electrons. The molecule has 2 rings (SSSR count). The monoisotopic (exact) mass is 317 g/mol. The predicted molar refractivity (Wildman–Crippen MR) is 86.4 cm³/mol. The molecule has 0 atom stereocenters. The van der Waals surface area contributed by atoms with Gasteiger partial charge in [0.1, 0.15) is 6.07 Å². The van der Waals surface area contributed by atoms with Crippen LogP contribution in [0, 0.1) is 11.3 Å². The maximum atomic E-state index is 11.9. The Bertz CT molecular complexity index is 712. The number of benzene rings is 2. The van der Waals surface area contributed by atoms with E-state index in [9.17, 15) is 4.79 Å². The lowest BCUT2D eigenvalue weighted by Crippen LogP contribution is -2.15. The quantitative estimate of drug-likeness (QED) is 0.668. The Kier molecular flexibility index (Phi) is 5.09. The summed E-state index contributed by atoms with van der Waals surface area (Å²) in [5.74, 6) is 0.00282. The molecular weight excluding hydrogens is 306 g/mol. The molecule has 0 aliphatic heterocycles. The van der Waals surface area contributed by atoms with Crippen LogP contribution in [0.1, 0.15) is 5.56 Å². The summed E-state index contributed by atoms with van der Waals surface area (Å²) in [5, 5.41) is 12.2. The van der Waals surface area contributed by atoms with Gasteiger partial charge in [-0.3, -0.25) is 4.79 Å². The zero-order chi connectivity index (χ0) is 15.2. The van der Waals surface area contributed by atoms with Crippen molar-refractivity contribution in [2.24, 2.45) is 0 Å². The molecule has 21 heavy (non-hydrogen) atoms. The Morgan fingerprint density at radius 2 is 2.10 bits per heavy atom. The Balaban J connectivity index is 1.98. The van der Waals surface area contributed by atoms with Crippen LogP contribution in [0.2, 0.25) is 5.02 Å². The molecule has 2 aromatic carbocycles. The van der Waals surface area contributed by atoms with Gasteiger partial charge in [-0.05, 0) is 30.3 Å². The number of nitrogen functional groups attached to an aromatic ring is 1. The first-order chi connectivity index (χ1) is 10.1. The van der Waals surface area contributed by atoms with Crippen molar-refractivity contribution in [3.05, 3.63) is 53.1 Å². The van der Waals surface area contributed by atoms with E-state index < -0.39 is 0 Å². The normalized spacial score (nSPS) is 9.90. The van der Waals surface area contributed by atoms with Gasteiger partial charge < -0.3 is 11.1 Å². The number of rotatable bonds is 4. The second-order valence-corrected chi connectivity index (χ2v) is 5.63. The molecule has 1 amide bonds. The van der Waals surface area contributed by atoms with Crippen LogP contribution < -0.4 is 11.1 Å². The lowest BCUT2D eigenvalue weighted by atomic mass is 10.2. The average molecular weight is 318 g/mol. The SMILES string of the molecule is N#Cc1ccccc1NC(=O)CSc1ccc(Cl)cc1N. The van der Waals surface area contributed by atoms with Crippen LogP contribution in [0.3, 0.4) is 0 Å². The summed E-state index contributed by atoms with van der Waals surface area (Å²) in [4.78, 5) is 12.7. The number of nitrogens with two attached hydrogens (primary N) is 1. The minimum Gasteiger partial charge on any atom is -0.398 e. The highest BCUT2D eigenvalue weighted by Gasteiger charge is 2.08. The molecule has 0 bridgehead atoms. The maximum Gasteiger partial charge on any atom is 0.234 e. The number of nitrogens with zero attached hydrogens (tertiary/aromatic N) is 1. The average Bonchev–Trinajstić information content (AvgIpc) is 2.47. The molecule has 6 heteroatoms. The fraction of sp³-hybridized carbons (Fsp3) is 0.0667. The highest BCUT2D eigenvalue weighted by Crippen LogP contribution is 2.27. The molecule has 106 valence electrons. The van der Waals surface area contributed by atoms with Gasteiger partial charge >= 0.3 is 0 Å². The third kappa shape index (κ3) is 4.15. The minimum atomic E-state index is -0.197. The number of thioether (sulfide) groups is 1. The summed E-state index contributed by atoms with van der Waals surface area (Å²) in [6.45, 7) is 0. The molecule has 0 aliphatic carbocycles. The van der Waals surface area contributed by atoms with Gasteiger partial charge in [-0.2, -0.15) is 5.26 Å². The number of halogens is 1. The molecule has 0 saturated heterocycles. The van der Waals surface area contributed by atoms with Crippen LogP contribution in [0.5, 0.6) is 0 Å². The zero-order valence-corrected chi connectivity index (χ0v) is 12.5. The number of hydrogen-bond donors (Lipinski definition) is 2. The van der Waals surface area contributed by atoms with Crippen LogP contribution in [0.4, 0.5) is 11.4 Å². The largest absolute Gasteiger partial charge is 0.398 e. The van der Waals surface area contributed by atoms with Crippen molar-refractivity contribution in [1.82, 2.24) is 0 Å². The van der Waals surface area contributed by atoms with Crippen molar-refractivity contribution < 1.29 is 4.79 Å². The highest BCUT2D eigenvalue weighted by atomic mass is 35.5. The zero-order valence-electron chi connectivity index (χ0n) is 11.0. The van der Waals surface area contributed by atoms with Crippen molar-refractivity contribution in [2.75, 3.05) is 16.8 Å². The summed E-state index contributed by atoms with van der Waals surface area (Å²) in [5.41, 5.74) is 7.31. The molecule has 0 spiro atoms. The molecule has 0 heterocycles. The maximum absolute atomic E-state index is 11.9. The standard InChI is InChI=1S/C15H12ClN3OS/c16-11-5-6-14(12(18)7-11)21-9-15(20)19-13-4-2-1-3-10(13)8-17/h1-7H,9,18H2,(H,19,20). The molecule has 0 unspecified atom stereocenters. The number of para-hydroxylation sites is 1. The molecule has 2 aromatic rings.